The van der Waals surface area contributed by atoms with Crippen LogP contribution in [0.3, 0.4) is 0 Å². The highest BCUT2D eigenvalue weighted by molar-refractivity contribution is 6.31. The van der Waals surface area contributed by atoms with Crippen molar-refractivity contribution in [2.24, 2.45) is 0 Å². The van der Waals surface area contributed by atoms with Gasteiger partial charge in [-0.15, -0.1) is 0 Å². The molecule has 0 radical (unpaired) electrons. The molecule has 1 amide bonds. The van der Waals surface area contributed by atoms with Crippen LogP contribution in [0.2, 0.25) is 5.02 Å². The Hall–Kier alpha value is -2.34. The second kappa shape index (κ2) is 7.61. The molecule has 2 rings (SSSR count). The van der Waals surface area contributed by atoms with Crippen molar-refractivity contribution in [3.05, 3.63) is 53.2 Å². The van der Waals surface area contributed by atoms with Crippen LogP contribution in [0.1, 0.15) is 12.2 Å². The SMILES string of the molecule is O=C(COC(=O)CCc1ccco1)Nc1ccc(F)c(Cl)c1. The molecular weight excluding hydrogens is 313 g/mol. The summed E-state index contributed by atoms with van der Waals surface area (Å²) in [5.41, 5.74) is 0.322. The predicted octanol–water partition coefficient (Wildman–Crippen LogP) is 3.19. The fourth-order valence-electron chi connectivity index (χ4n) is 1.67. The Labute approximate surface area is 131 Å². The van der Waals surface area contributed by atoms with Crippen molar-refractivity contribution in [1.29, 1.82) is 0 Å². The van der Waals surface area contributed by atoms with E-state index in [9.17, 15) is 14.0 Å². The zero-order chi connectivity index (χ0) is 15.9. The first-order valence-electron chi connectivity index (χ1n) is 6.47. The first-order valence-corrected chi connectivity index (χ1v) is 6.85. The number of ether oxygens (including phenoxy) is 1. The molecule has 1 aromatic carbocycles. The third kappa shape index (κ3) is 4.89. The molecule has 0 saturated carbocycles. The summed E-state index contributed by atoms with van der Waals surface area (Å²) in [6.07, 6.45) is 2.03. The van der Waals surface area contributed by atoms with Crippen LogP contribution in [0.25, 0.3) is 0 Å². The summed E-state index contributed by atoms with van der Waals surface area (Å²) in [7, 11) is 0. The monoisotopic (exact) mass is 325 g/mol. The van der Waals surface area contributed by atoms with Gasteiger partial charge in [0.05, 0.1) is 17.7 Å². The van der Waals surface area contributed by atoms with Gasteiger partial charge in [-0.25, -0.2) is 4.39 Å². The van der Waals surface area contributed by atoms with E-state index in [1.807, 2.05) is 0 Å². The van der Waals surface area contributed by atoms with Gasteiger partial charge < -0.3 is 14.5 Å². The van der Waals surface area contributed by atoms with Gasteiger partial charge in [-0.3, -0.25) is 9.59 Å². The molecule has 7 heteroatoms. The maximum Gasteiger partial charge on any atom is 0.306 e. The fraction of sp³-hybridized carbons (Fsp3) is 0.200. The number of nitrogens with one attached hydrogen (secondary N) is 1. The zero-order valence-electron chi connectivity index (χ0n) is 11.5. The third-order valence-corrected chi connectivity index (χ3v) is 3.01. The van der Waals surface area contributed by atoms with E-state index >= 15 is 0 Å². The third-order valence-electron chi connectivity index (χ3n) is 2.72. The number of carbonyl (C=O) groups excluding carboxylic acids is 2. The summed E-state index contributed by atoms with van der Waals surface area (Å²) < 4.78 is 22.9. The molecule has 2 aromatic rings. The van der Waals surface area contributed by atoms with E-state index in [4.69, 9.17) is 20.8 Å². The summed E-state index contributed by atoms with van der Waals surface area (Å²) >= 11 is 5.59. The summed E-state index contributed by atoms with van der Waals surface area (Å²) in [4.78, 5) is 23.1. The van der Waals surface area contributed by atoms with Crippen LogP contribution in [-0.4, -0.2) is 18.5 Å². The average molecular weight is 326 g/mol. The van der Waals surface area contributed by atoms with Crippen LogP contribution in [0.4, 0.5) is 10.1 Å². The van der Waals surface area contributed by atoms with E-state index in [0.29, 0.717) is 17.9 Å². The Morgan fingerprint density at radius 1 is 1.32 bits per heavy atom. The second-order valence-electron chi connectivity index (χ2n) is 4.42. The van der Waals surface area contributed by atoms with E-state index in [-0.39, 0.29) is 11.4 Å². The van der Waals surface area contributed by atoms with Gasteiger partial charge in [0, 0.05) is 12.1 Å². The molecule has 0 unspecified atom stereocenters. The van der Waals surface area contributed by atoms with Crippen LogP contribution in [0.5, 0.6) is 0 Å². The quantitative estimate of drug-likeness (QED) is 0.828. The molecule has 0 aliphatic heterocycles. The zero-order valence-corrected chi connectivity index (χ0v) is 12.2. The van der Waals surface area contributed by atoms with Gasteiger partial charge in [-0.05, 0) is 30.3 Å². The van der Waals surface area contributed by atoms with Crippen LogP contribution in [0, 0.1) is 5.82 Å². The number of aryl methyl sites for hydroxylation is 1. The summed E-state index contributed by atoms with van der Waals surface area (Å²) in [6, 6.07) is 7.23. The molecule has 1 heterocycles. The maximum atomic E-state index is 13.0. The number of esters is 1. The highest BCUT2D eigenvalue weighted by atomic mass is 35.5. The highest BCUT2D eigenvalue weighted by Gasteiger charge is 2.10. The lowest BCUT2D eigenvalue weighted by Crippen LogP contribution is -2.21. The Balaban J connectivity index is 1.72. The van der Waals surface area contributed by atoms with Gasteiger partial charge in [-0.2, -0.15) is 0 Å². The van der Waals surface area contributed by atoms with E-state index in [2.05, 4.69) is 5.32 Å². The molecule has 1 N–H and O–H groups in total. The van der Waals surface area contributed by atoms with Gasteiger partial charge in [0.2, 0.25) is 0 Å². The Bertz CT molecular complexity index is 658. The molecule has 0 atom stereocenters. The van der Waals surface area contributed by atoms with Crippen molar-refractivity contribution in [1.82, 2.24) is 0 Å². The molecule has 0 fully saturated rings. The molecule has 0 bridgehead atoms. The number of furan rings is 1. The fourth-order valence-corrected chi connectivity index (χ4v) is 1.85. The molecular formula is C15H13ClFNO4. The smallest absolute Gasteiger partial charge is 0.306 e. The lowest BCUT2D eigenvalue weighted by atomic mass is 10.2. The highest BCUT2D eigenvalue weighted by Crippen LogP contribution is 2.19. The number of hydrogen-bond acceptors (Lipinski definition) is 4. The van der Waals surface area contributed by atoms with E-state index in [0.717, 1.165) is 6.07 Å². The number of anilines is 1. The van der Waals surface area contributed by atoms with Crippen molar-refractivity contribution < 1.29 is 23.1 Å². The number of hydrogen-bond donors (Lipinski definition) is 1. The molecule has 5 nitrogen and oxygen atoms in total. The summed E-state index contributed by atoms with van der Waals surface area (Å²) in [5, 5.41) is 2.35. The van der Waals surface area contributed by atoms with Crippen LogP contribution in [-0.2, 0) is 20.7 Å². The minimum atomic E-state index is -0.580. The molecule has 0 saturated heterocycles. The second-order valence-corrected chi connectivity index (χ2v) is 4.82. The number of carbonyl (C=O) groups is 2. The van der Waals surface area contributed by atoms with Gasteiger partial charge in [-0.1, -0.05) is 11.6 Å². The van der Waals surface area contributed by atoms with Crippen molar-refractivity contribution in [3.8, 4) is 0 Å². The molecule has 0 spiro atoms. The van der Waals surface area contributed by atoms with E-state index in [1.165, 1.54) is 18.4 Å². The van der Waals surface area contributed by atoms with Crippen molar-refractivity contribution in [2.75, 3.05) is 11.9 Å². The normalized spacial score (nSPS) is 10.3. The van der Waals surface area contributed by atoms with E-state index < -0.39 is 24.3 Å². The number of amides is 1. The van der Waals surface area contributed by atoms with Crippen LogP contribution in [0.15, 0.2) is 41.0 Å². The van der Waals surface area contributed by atoms with Crippen molar-refractivity contribution in [3.63, 3.8) is 0 Å². The Morgan fingerprint density at radius 2 is 2.14 bits per heavy atom. The molecule has 1 aromatic heterocycles. The number of benzene rings is 1. The summed E-state index contributed by atoms with van der Waals surface area (Å²) in [6.45, 7) is -0.425. The minimum absolute atomic E-state index is 0.103. The minimum Gasteiger partial charge on any atom is -0.469 e. The van der Waals surface area contributed by atoms with Crippen molar-refractivity contribution >= 4 is 29.2 Å². The van der Waals surface area contributed by atoms with Crippen LogP contribution < -0.4 is 5.32 Å². The molecule has 0 aliphatic rings. The Morgan fingerprint density at radius 3 is 2.82 bits per heavy atom. The topological polar surface area (TPSA) is 68.5 Å². The first-order chi connectivity index (χ1) is 10.5. The largest absolute Gasteiger partial charge is 0.469 e. The molecule has 116 valence electrons. The average Bonchev–Trinajstić information content (AvgIpc) is 3.00. The van der Waals surface area contributed by atoms with Crippen molar-refractivity contribution in [2.45, 2.75) is 12.8 Å². The number of halogens is 2. The standard InChI is InChI=1S/C15H13ClFNO4/c16-12-8-10(3-5-13(12)17)18-14(19)9-22-15(20)6-4-11-2-1-7-21-11/h1-3,5,7-8H,4,6,9H2,(H,18,19). The Kier molecular flexibility index (Phi) is 5.55. The molecule has 22 heavy (non-hydrogen) atoms. The lowest BCUT2D eigenvalue weighted by molar-refractivity contribution is -0.147. The van der Waals surface area contributed by atoms with E-state index in [1.54, 1.807) is 12.1 Å². The predicted molar refractivity (Wildman–Crippen MR) is 78.0 cm³/mol. The van der Waals surface area contributed by atoms with Gasteiger partial charge >= 0.3 is 5.97 Å². The van der Waals surface area contributed by atoms with Gasteiger partial charge in [0.15, 0.2) is 6.61 Å². The van der Waals surface area contributed by atoms with Crippen LogP contribution >= 0.6 is 11.6 Å². The van der Waals surface area contributed by atoms with Gasteiger partial charge in [0.25, 0.3) is 5.91 Å². The summed E-state index contributed by atoms with van der Waals surface area (Å²) in [5.74, 6) is -0.955. The number of rotatable bonds is 6. The first kappa shape index (κ1) is 16.0. The molecule has 0 aliphatic carbocycles. The lowest BCUT2D eigenvalue weighted by Gasteiger charge is -2.07. The van der Waals surface area contributed by atoms with Gasteiger partial charge in [0.1, 0.15) is 11.6 Å². The maximum absolute atomic E-state index is 13.0.